The number of carboxylic acids is 1. The van der Waals surface area contributed by atoms with Crippen molar-refractivity contribution in [2.24, 2.45) is 0 Å². The number of hydrogen-bond donors (Lipinski definition) is 1. The summed E-state index contributed by atoms with van der Waals surface area (Å²) in [6.07, 6.45) is 2.28. The van der Waals surface area contributed by atoms with Gasteiger partial charge in [0.25, 0.3) is 5.69 Å². The van der Waals surface area contributed by atoms with Gasteiger partial charge in [-0.25, -0.2) is 4.79 Å². The number of hydrogen-bond acceptors (Lipinski definition) is 4. The molecule has 1 N–H and O–H groups in total. The SMILES string of the molecule is Cc1ccc(Sc2ccc(/C=C\C(=O)O)cc2[N+](=O)[O-])cc1. The van der Waals surface area contributed by atoms with Crippen LogP contribution in [0.15, 0.2) is 58.3 Å². The zero-order valence-electron chi connectivity index (χ0n) is 11.7. The van der Waals surface area contributed by atoms with E-state index in [4.69, 9.17) is 5.11 Å². The zero-order valence-corrected chi connectivity index (χ0v) is 12.5. The van der Waals surface area contributed by atoms with Crippen LogP contribution in [0.4, 0.5) is 5.69 Å². The molecule has 0 atom stereocenters. The predicted molar refractivity (Wildman–Crippen MR) is 85.1 cm³/mol. The third kappa shape index (κ3) is 4.20. The fourth-order valence-corrected chi connectivity index (χ4v) is 2.67. The summed E-state index contributed by atoms with van der Waals surface area (Å²) in [6, 6.07) is 12.4. The molecule has 0 spiro atoms. The van der Waals surface area contributed by atoms with Crippen LogP contribution in [0.25, 0.3) is 6.08 Å². The summed E-state index contributed by atoms with van der Waals surface area (Å²) >= 11 is 1.30. The van der Waals surface area contributed by atoms with Crippen molar-refractivity contribution >= 4 is 29.5 Å². The van der Waals surface area contributed by atoms with Gasteiger partial charge >= 0.3 is 5.97 Å². The number of carbonyl (C=O) groups is 1. The number of carboxylic acid groups (broad SMARTS) is 1. The lowest BCUT2D eigenvalue weighted by atomic mass is 10.2. The Morgan fingerprint density at radius 2 is 1.91 bits per heavy atom. The van der Waals surface area contributed by atoms with Crippen LogP contribution in [-0.4, -0.2) is 16.0 Å². The first-order chi connectivity index (χ1) is 10.5. The van der Waals surface area contributed by atoms with Crippen LogP contribution in [0.3, 0.4) is 0 Å². The highest BCUT2D eigenvalue weighted by atomic mass is 32.2. The average molecular weight is 315 g/mol. The molecule has 5 nitrogen and oxygen atoms in total. The Bertz CT molecular complexity index is 738. The highest BCUT2D eigenvalue weighted by Gasteiger charge is 2.15. The molecule has 0 radical (unpaired) electrons. The number of nitro groups is 1. The van der Waals surface area contributed by atoms with Crippen LogP contribution >= 0.6 is 11.8 Å². The van der Waals surface area contributed by atoms with Crippen LogP contribution in [0.1, 0.15) is 11.1 Å². The van der Waals surface area contributed by atoms with Gasteiger partial charge in [-0.2, -0.15) is 0 Å². The predicted octanol–water partition coefficient (Wildman–Crippen LogP) is 4.15. The maximum absolute atomic E-state index is 11.2. The van der Waals surface area contributed by atoms with Gasteiger partial charge in [-0.05, 0) is 36.8 Å². The van der Waals surface area contributed by atoms with E-state index in [1.165, 1.54) is 23.9 Å². The molecule has 0 saturated heterocycles. The highest BCUT2D eigenvalue weighted by molar-refractivity contribution is 7.99. The second kappa shape index (κ2) is 6.91. The van der Waals surface area contributed by atoms with Crippen molar-refractivity contribution in [2.45, 2.75) is 16.7 Å². The molecule has 0 aliphatic carbocycles. The Balaban J connectivity index is 2.32. The van der Waals surface area contributed by atoms with Crippen molar-refractivity contribution in [2.75, 3.05) is 0 Å². The van der Waals surface area contributed by atoms with Gasteiger partial charge in [0.2, 0.25) is 0 Å². The number of nitro benzene ring substituents is 1. The summed E-state index contributed by atoms with van der Waals surface area (Å²) in [7, 11) is 0. The van der Waals surface area contributed by atoms with E-state index in [1.807, 2.05) is 31.2 Å². The molecule has 0 aliphatic rings. The molecule has 0 unspecified atom stereocenters. The molecule has 2 aromatic carbocycles. The largest absolute Gasteiger partial charge is 0.478 e. The lowest BCUT2D eigenvalue weighted by Crippen LogP contribution is -1.92. The molecule has 112 valence electrons. The third-order valence-electron chi connectivity index (χ3n) is 2.85. The molecular weight excluding hydrogens is 302 g/mol. The summed E-state index contributed by atoms with van der Waals surface area (Å²) in [5.41, 5.74) is 1.55. The average Bonchev–Trinajstić information content (AvgIpc) is 2.48. The van der Waals surface area contributed by atoms with Crippen LogP contribution in [0.2, 0.25) is 0 Å². The third-order valence-corrected chi connectivity index (χ3v) is 3.92. The molecule has 2 aromatic rings. The van der Waals surface area contributed by atoms with Gasteiger partial charge in [0.05, 0.1) is 9.82 Å². The van der Waals surface area contributed by atoms with Crippen LogP contribution in [0, 0.1) is 17.0 Å². The summed E-state index contributed by atoms with van der Waals surface area (Å²) in [6.45, 7) is 1.97. The van der Waals surface area contributed by atoms with Gasteiger partial charge < -0.3 is 5.11 Å². The van der Waals surface area contributed by atoms with Gasteiger partial charge in [0.15, 0.2) is 0 Å². The molecule has 0 amide bonds. The maximum Gasteiger partial charge on any atom is 0.328 e. The van der Waals surface area contributed by atoms with E-state index in [0.717, 1.165) is 16.5 Å². The van der Waals surface area contributed by atoms with Gasteiger partial charge in [-0.15, -0.1) is 0 Å². The molecule has 22 heavy (non-hydrogen) atoms. The Hall–Kier alpha value is -2.60. The van der Waals surface area contributed by atoms with Gasteiger partial charge in [0.1, 0.15) is 0 Å². The monoisotopic (exact) mass is 315 g/mol. The molecular formula is C16H13NO4S. The smallest absolute Gasteiger partial charge is 0.328 e. The summed E-state index contributed by atoms with van der Waals surface area (Å²) in [5.74, 6) is -1.10. The highest BCUT2D eigenvalue weighted by Crippen LogP contribution is 2.35. The van der Waals surface area contributed by atoms with Gasteiger partial charge in [-0.1, -0.05) is 35.5 Å². The second-order valence-electron chi connectivity index (χ2n) is 4.57. The minimum Gasteiger partial charge on any atom is -0.478 e. The Labute approximate surface area is 131 Å². The molecule has 0 heterocycles. The van der Waals surface area contributed by atoms with Crippen molar-refractivity contribution in [3.8, 4) is 0 Å². The van der Waals surface area contributed by atoms with Crippen molar-refractivity contribution in [1.82, 2.24) is 0 Å². The minimum atomic E-state index is -1.10. The van der Waals surface area contributed by atoms with E-state index in [0.29, 0.717) is 10.5 Å². The lowest BCUT2D eigenvalue weighted by molar-refractivity contribution is -0.387. The van der Waals surface area contributed by atoms with E-state index < -0.39 is 10.9 Å². The van der Waals surface area contributed by atoms with Crippen molar-refractivity contribution in [1.29, 1.82) is 0 Å². The fraction of sp³-hybridized carbons (Fsp3) is 0.0625. The zero-order chi connectivity index (χ0) is 16.1. The number of rotatable bonds is 5. The first-order valence-electron chi connectivity index (χ1n) is 6.39. The van der Waals surface area contributed by atoms with Crippen molar-refractivity contribution < 1.29 is 14.8 Å². The van der Waals surface area contributed by atoms with Crippen molar-refractivity contribution in [3.63, 3.8) is 0 Å². The molecule has 0 aromatic heterocycles. The van der Waals surface area contributed by atoms with Gasteiger partial charge in [0, 0.05) is 17.0 Å². The van der Waals surface area contributed by atoms with E-state index in [9.17, 15) is 14.9 Å². The Morgan fingerprint density at radius 3 is 2.50 bits per heavy atom. The van der Waals surface area contributed by atoms with Crippen LogP contribution in [-0.2, 0) is 4.79 Å². The van der Waals surface area contributed by atoms with Gasteiger partial charge in [-0.3, -0.25) is 10.1 Å². The van der Waals surface area contributed by atoms with E-state index in [2.05, 4.69) is 0 Å². The number of aliphatic carboxylic acids is 1. The number of benzene rings is 2. The summed E-state index contributed by atoms with van der Waals surface area (Å²) in [5, 5.41) is 19.8. The van der Waals surface area contributed by atoms with E-state index in [-0.39, 0.29) is 5.69 Å². The summed E-state index contributed by atoms with van der Waals surface area (Å²) in [4.78, 5) is 22.7. The maximum atomic E-state index is 11.2. The second-order valence-corrected chi connectivity index (χ2v) is 5.69. The minimum absolute atomic E-state index is 0.0434. The van der Waals surface area contributed by atoms with Crippen LogP contribution < -0.4 is 0 Å². The molecule has 0 bridgehead atoms. The quantitative estimate of drug-likeness (QED) is 0.509. The fourth-order valence-electron chi connectivity index (χ4n) is 1.77. The molecule has 0 saturated carbocycles. The molecule has 0 aliphatic heterocycles. The lowest BCUT2D eigenvalue weighted by Gasteiger charge is -2.04. The molecule has 2 rings (SSSR count). The number of aryl methyl sites for hydroxylation is 1. The first-order valence-corrected chi connectivity index (χ1v) is 7.21. The summed E-state index contributed by atoms with van der Waals surface area (Å²) < 4.78 is 0. The first kappa shape index (κ1) is 15.8. The van der Waals surface area contributed by atoms with E-state index >= 15 is 0 Å². The standard InChI is InChI=1S/C16H13NO4S/c1-11-2-6-13(7-3-11)22-15-8-4-12(5-9-16(18)19)10-14(15)17(20)21/h2-10H,1H3,(H,18,19)/b9-5-. The van der Waals surface area contributed by atoms with E-state index in [1.54, 1.807) is 12.1 Å². The number of nitrogens with zero attached hydrogens (tertiary/aromatic N) is 1. The molecule has 6 heteroatoms. The topological polar surface area (TPSA) is 80.4 Å². The van der Waals surface area contributed by atoms with Crippen molar-refractivity contribution in [3.05, 3.63) is 69.8 Å². The normalized spacial score (nSPS) is 10.8. The Morgan fingerprint density at radius 1 is 1.23 bits per heavy atom. The Kier molecular flexibility index (Phi) is 4.95. The molecule has 0 fully saturated rings. The van der Waals surface area contributed by atoms with Crippen LogP contribution in [0.5, 0.6) is 0 Å².